The summed E-state index contributed by atoms with van der Waals surface area (Å²) in [5.74, 6) is 2.50. The molecule has 2 aromatic rings. The Balaban J connectivity index is 1.34. The van der Waals surface area contributed by atoms with E-state index >= 15 is 0 Å². The molecule has 0 radical (unpaired) electrons. The molecule has 4 aliphatic carbocycles. The molecule has 4 aliphatic rings. The molecule has 6 heteroatoms. The van der Waals surface area contributed by atoms with E-state index in [0.29, 0.717) is 18.7 Å². The van der Waals surface area contributed by atoms with Crippen LogP contribution in [0.2, 0.25) is 0 Å². The van der Waals surface area contributed by atoms with Gasteiger partial charge in [0.1, 0.15) is 5.69 Å². The highest BCUT2D eigenvalue weighted by Gasteiger charge is 2.51. The van der Waals surface area contributed by atoms with Crippen LogP contribution in [0.25, 0.3) is 0 Å². The lowest BCUT2D eigenvalue weighted by molar-refractivity contribution is 0.0107. The van der Waals surface area contributed by atoms with Gasteiger partial charge in [0, 0.05) is 17.3 Å². The highest BCUT2D eigenvalue weighted by Crippen LogP contribution is 2.56. The standard InChI is InChI=1S/C22H28N4OS/c23-6-5-20-24-19(13-28-20)21(27)25-17-3-1-2-4-18(17)26-22-10-14-7-15(11-22)9-16(8-14)12-22/h1-4,13-16,26H,5-12,23H2,(H,25,27). The number of hydrogen-bond donors (Lipinski definition) is 3. The third-order valence-electron chi connectivity index (χ3n) is 6.76. The second-order valence-electron chi connectivity index (χ2n) is 8.99. The number of amides is 1. The van der Waals surface area contributed by atoms with E-state index in [1.165, 1.54) is 49.9 Å². The van der Waals surface area contributed by atoms with Crippen molar-refractivity contribution in [1.29, 1.82) is 0 Å². The summed E-state index contributed by atoms with van der Waals surface area (Å²) >= 11 is 1.49. The lowest BCUT2D eigenvalue weighted by Crippen LogP contribution is -2.54. The molecule has 28 heavy (non-hydrogen) atoms. The van der Waals surface area contributed by atoms with E-state index in [9.17, 15) is 4.79 Å². The fourth-order valence-corrected chi connectivity index (χ4v) is 6.88. The van der Waals surface area contributed by atoms with Crippen molar-refractivity contribution in [3.8, 4) is 0 Å². The smallest absolute Gasteiger partial charge is 0.275 e. The first-order valence-electron chi connectivity index (χ1n) is 10.5. The van der Waals surface area contributed by atoms with E-state index in [4.69, 9.17) is 5.73 Å². The van der Waals surface area contributed by atoms with Crippen LogP contribution >= 0.6 is 11.3 Å². The number of nitrogens with one attached hydrogen (secondary N) is 2. The molecule has 4 saturated carbocycles. The third-order valence-corrected chi connectivity index (χ3v) is 7.66. The van der Waals surface area contributed by atoms with Gasteiger partial charge in [0.25, 0.3) is 5.91 Å². The Bertz CT molecular complexity index is 842. The Morgan fingerprint density at radius 3 is 2.39 bits per heavy atom. The molecule has 0 spiro atoms. The minimum atomic E-state index is -0.153. The van der Waals surface area contributed by atoms with Crippen LogP contribution in [0, 0.1) is 17.8 Å². The van der Waals surface area contributed by atoms with Gasteiger partial charge in [0.2, 0.25) is 0 Å². The molecule has 1 aromatic heterocycles. The fourth-order valence-electron chi connectivity index (χ4n) is 6.09. The molecular formula is C22H28N4OS. The number of nitrogens with two attached hydrogens (primary N) is 1. The number of para-hydroxylation sites is 2. The molecule has 1 heterocycles. The van der Waals surface area contributed by atoms with Gasteiger partial charge < -0.3 is 16.4 Å². The largest absolute Gasteiger partial charge is 0.378 e. The van der Waals surface area contributed by atoms with Crippen LogP contribution in [0.15, 0.2) is 29.6 Å². The van der Waals surface area contributed by atoms with Gasteiger partial charge in [0.05, 0.1) is 16.4 Å². The highest BCUT2D eigenvalue weighted by atomic mass is 32.1. The Labute approximate surface area is 170 Å². The molecule has 0 atom stereocenters. The van der Waals surface area contributed by atoms with Gasteiger partial charge >= 0.3 is 0 Å². The predicted molar refractivity (Wildman–Crippen MR) is 114 cm³/mol. The van der Waals surface area contributed by atoms with E-state index in [-0.39, 0.29) is 11.4 Å². The molecule has 6 rings (SSSR count). The molecule has 1 amide bonds. The first kappa shape index (κ1) is 18.1. The fraction of sp³-hybridized carbons (Fsp3) is 0.545. The minimum Gasteiger partial charge on any atom is -0.378 e. The Morgan fingerprint density at radius 2 is 1.75 bits per heavy atom. The summed E-state index contributed by atoms with van der Waals surface area (Å²) in [6.07, 6.45) is 8.81. The van der Waals surface area contributed by atoms with Crippen LogP contribution in [0.3, 0.4) is 0 Å². The molecule has 4 bridgehead atoms. The van der Waals surface area contributed by atoms with Gasteiger partial charge in [-0.25, -0.2) is 4.98 Å². The Kier molecular flexibility index (Phi) is 4.63. The van der Waals surface area contributed by atoms with Crippen molar-refractivity contribution < 1.29 is 4.79 Å². The summed E-state index contributed by atoms with van der Waals surface area (Å²) in [5.41, 5.74) is 8.15. The molecular weight excluding hydrogens is 368 g/mol. The summed E-state index contributed by atoms with van der Waals surface area (Å²) in [7, 11) is 0. The number of rotatable bonds is 6. The normalized spacial score (nSPS) is 30.4. The van der Waals surface area contributed by atoms with Crippen LogP contribution in [0.5, 0.6) is 0 Å². The topological polar surface area (TPSA) is 80.0 Å². The molecule has 4 N–H and O–H groups in total. The maximum absolute atomic E-state index is 12.7. The number of carbonyl (C=O) groups excluding carboxylic acids is 1. The quantitative estimate of drug-likeness (QED) is 0.681. The third kappa shape index (κ3) is 3.44. The van der Waals surface area contributed by atoms with Gasteiger partial charge in [0.15, 0.2) is 0 Å². The van der Waals surface area contributed by atoms with Crippen molar-refractivity contribution >= 4 is 28.6 Å². The summed E-state index contributed by atoms with van der Waals surface area (Å²) < 4.78 is 0. The van der Waals surface area contributed by atoms with E-state index in [2.05, 4.69) is 21.7 Å². The molecule has 148 valence electrons. The zero-order valence-electron chi connectivity index (χ0n) is 16.1. The predicted octanol–water partition coefficient (Wildman–Crippen LogP) is 4.28. The van der Waals surface area contributed by atoms with Gasteiger partial charge in [-0.2, -0.15) is 0 Å². The first-order chi connectivity index (χ1) is 13.6. The average Bonchev–Trinajstić information content (AvgIpc) is 3.11. The molecule has 4 fully saturated rings. The Morgan fingerprint density at radius 1 is 1.11 bits per heavy atom. The molecule has 1 aromatic carbocycles. The average molecular weight is 397 g/mol. The number of thiazole rings is 1. The van der Waals surface area contributed by atoms with Gasteiger partial charge in [-0.15, -0.1) is 11.3 Å². The monoisotopic (exact) mass is 396 g/mol. The number of aromatic nitrogens is 1. The van der Waals surface area contributed by atoms with Crippen molar-refractivity contribution in [3.63, 3.8) is 0 Å². The zero-order valence-corrected chi connectivity index (χ0v) is 16.9. The van der Waals surface area contributed by atoms with E-state index in [1.54, 1.807) is 0 Å². The lowest BCUT2D eigenvalue weighted by atomic mass is 9.53. The van der Waals surface area contributed by atoms with Crippen molar-refractivity contribution in [2.75, 3.05) is 17.2 Å². The minimum absolute atomic E-state index is 0.153. The maximum atomic E-state index is 12.7. The van der Waals surface area contributed by atoms with Crippen LogP contribution < -0.4 is 16.4 Å². The number of benzene rings is 1. The summed E-state index contributed by atoms with van der Waals surface area (Å²) in [6.45, 7) is 0.548. The van der Waals surface area contributed by atoms with Gasteiger partial charge in [-0.3, -0.25) is 4.79 Å². The second-order valence-corrected chi connectivity index (χ2v) is 9.93. The highest BCUT2D eigenvalue weighted by molar-refractivity contribution is 7.09. The second kappa shape index (κ2) is 7.16. The number of carbonyl (C=O) groups is 1. The summed E-state index contributed by atoms with van der Waals surface area (Å²) in [4.78, 5) is 17.1. The van der Waals surface area contributed by atoms with Crippen LogP contribution in [-0.2, 0) is 6.42 Å². The summed E-state index contributed by atoms with van der Waals surface area (Å²) in [5, 5.41) is 9.69. The van der Waals surface area contributed by atoms with E-state index in [0.717, 1.165) is 34.1 Å². The zero-order chi connectivity index (χ0) is 19.1. The van der Waals surface area contributed by atoms with Crippen molar-refractivity contribution in [1.82, 2.24) is 4.98 Å². The maximum Gasteiger partial charge on any atom is 0.275 e. The summed E-state index contributed by atoms with van der Waals surface area (Å²) in [6, 6.07) is 8.09. The number of nitrogens with zero attached hydrogens (tertiary/aromatic N) is 1. The van der Waals surface area contributed by atoms with E-state index < -0.39 is 0 Å². The lowest BCUT2D eigenvalue weighted by Gasteiger charge is -2.57. The SMILES string of the molecule is NCCc1nc(C(=O)Nc2ccccc2NC23CC4CC(CC(C4)C2)C3)cs1. The molecule has 5 nitrogen and oxygen atoms in total. The number of hydrogen-bond acceptors (Lipinski definition) is 5. The van der Waals surface area contributed by atoms with Crippen LogP contribution in [0.4, 0.5) is 11.4 Å². The molecule has 0 unspecified atom stereocenters. The Hall–Kier alpha value is -1.92. The molecule has 0 aliphatic heterocycles. The van der Waals surface area contributed by atoms with Gasteiger partial charge in [-0.1, -0.05) is 12.1 Å². The first-order valence-corrected chi connectivity index (χ1v) is 11.3. The van der Waals surface area contributed by atoms with Gasteiger partial charge in [-0.05, 0) is 75.0 Å². The van der Waals surface area contributed by atoms with Crippen LogP contribution in [-0.4, -0.2) is 23.0 Å². The van der Waals surface area contributed by atoms with E-state index in [1.807, 2.05) is 23.6 Å². The van der Waals surface area contributed by atoms with Crippen molar-refractivity contribution in [2.24, 2.45) is 23.5 Å². The number of anilines is 2. The van der Waals surface area contributed by atoms with Crippen molar-refractivity contribution in [3.05, 3.63) is 40.3 Å². The van der Waals surface area contributed by atoms with Crippen LogP contribution in [0.1, 0.15) is 54.0 Å². The van der Waals surface area contributed by atoms with Crippen molar-refractivity contribution in [2.45, 2.75) is 50.5 Å². The molecule has 0 saturated heterocycles.